The Hall–Kier alpha value is -0.860. The zero-order valence-corrected chi connectivity index (χ0v) is 11.1. The maximum Gasteiger partial charge on any atom is 0.230 e. The summed E-state index contributed by atoms with van der Waals surface area (Å²) in [5, 5.41) is 11.7. The van der Waals surface area contributed by atoms with E-state index >= 15 is 0 Å². The molecule has 8 heteroatoms. The molecule has 0 unspecified atom stereocenters. The summed E-state index contributed by atoms with van der Waals surface area (Å²) in [5.74, 6) is 0.381. The van der Waals surface area contributed by atoms with Crippen LogP contribution in [0.3, 0.4) is 0 Å². The molecule has 1 saturated heterocycles. The van der Waals surface area contributed by atoms with Gasteiger partial charge in [-0.25, -0.2) is 0 Å². The average Bonchev–Trinajstić information content (AvgIpc) is 2.86. The fraction of sp³-hybridized carbons (Fsp3) is 0.667. The van der Waals surface area contributed by atoms with Crippen LogP contribution in [0.5, 0.6) is 0 Å². The summed E-state index contributed by atoms with van der Waals surface area (Å²) in [5.41, 5.74) is 0. The highest BCUT2D eigenvalue weighted by molar-refractivity contribution is 8.01. The number of rotatable bonds is 4. The van der Waals surface area contributed by atoms with Crippen LogP contribution in [-0.2, 0) is 9.53 Å². The number of ether oxygens (including phenoxy) is 1. The molecule has 0 radical (unpaired) electrons. The first-order valence-corrected chi connectivity index (χ1v) is 7.09. The number of morpholine rings is 1. The molecule has 0 spiro atoms. The van der Waals surface area contributed by atoms with Gasteiger partial charge in [0.1, 0.15) is 0 Å². The zero-order chi connectivity index (χ0) is 12.1. The second kappa shape index (κ2) is 6.18. The van der Waals surface area contributed by atoms with Crippen LogP contribution >= 0.6 is 23.1 Å². The third-order valence-electron chi connectivity index (χ3n) is 2.28. The molecule has 0 aromatic carbocycles. The predicted molar refractivity (Wildman–Crippen MR) is 67.7 cm³/mol. The third-order valence-corrected chi connectivity index (χ3v) is 4.40. The van der Waals surface area contributed by atoms with Crippen LogP contribution in [0.4, 0.5) is 5.13 Å². The predicted octanol–water partition coefficient (Wildman–Crippen LogP) is 0.213. The maximum absolute atomic E-state index is 11.1. The van der Waals surface area contributed by atoms with Gasteiger partial charge >= 0.3 is 0 Å². The van der Waals surface area contributed by atoms with Gasteiger partial charge < -0.3 is 15.0 Å². The van der Waals surface area contributed by atoms with E-state index in [4.69, 9.17) is 4.74 Å². The van der Waals surface area contributed by atoms with Crippen LogP contribution in [-0.4, -0.2) is 55.2 Å². The number of nitrogens with zero attached hydrogens (tertiary/aromatic N) is 3. The van der Waals surface area contributed by atoms with Gasteiger partial charge in [0, 0.05) is 20.1 Å². The number of hydrogen-bond donors (Lipinski definition) is 1. The first-order valence-electron chi connectivity index (χ1n) is 5.29. The van der Waals surface area contributed by atoms with Crippen molar-refractivity contribution in [1.82, 2.24) is 15.5 Å². The van der Waals surface area contributed by atoms with Crippen LogP contribution in [0.15, 0.2) is 4.34 Å². The lowest BCUT2D eigenvalue weighted by atomic mass is 10.5. The van der Waals surface area contributed by atoms with Crippen molar-refractivity contribution < 1.29 is 9.53 Å². The minimum absolute atomic E-state index is 0.00174. The second-order valence-corrected chi connectivity index (χ2v) is 5.59. The number of aromatic nitrogens is 2. The molecule has 1 N–H and O–H groups in total. The highest BCUT2D eigenvalue weighted by Crippen LogP contribution is 2.28. The van der Waals surface area contributed by atoms with Crippen molar-refractivity contribution in [1.29, 1.82) is 0 Å². The summed E-state index contributed by atoms with van der Waals surface area (Å²) >= 11 is 2.94. The van der Waals surface area contributed by atoms with Crippen molar-refractivity contribution in [2.45, 2.75) is 4.34 Å². The summed E-state index contributed by atoms with van der Waals surface area (Å²) in [6.07, 6.45) is 0. The molecule has 1 amide bonds. The molecule has 0 saturated carbocycles. The Morgan fingerprint density at radius 3 is 3.00 bits per heavy atom. The van der Waals surface area contributed by atoms with Crippen molar-refractivity contribution in [2.24, 2.45) is 0 Å². The fourth-order valence-corrected chi connectivity index (χ4v) is 3.11. The number of nitrogens with one attached hydrogen (secondary N) is 1. The van der Waals surface area contributed by atoms with E-state index in [1.54, 1.807) is 7.05 Å². The van der Waals surface area contributed by atoms with Crippen LogP contribution in [0.1, 0.15) is 0 Å². The zero-order valence-electron chi connectivity index (χ0n) is 9.51. The monoisotopic (exact) mass is 274 g/mol. The largest absolute Gasteiger partial charge is 0.378 e. The highest BCUT2D eigenvalue weighted by atomic mass is 32.2. The Balaban J connectivity index is 1.88. The van der Waals surface area contributed by atoms with E-state index in [1.165, 1.54) is 23.1 Å². The quantitative estimate of drug-likeness (QED) is 0.792. The summed E-state index contributed by atoms with van der Waals surface area (Å²) < 4.78 is 6.11. The smallest absolute Gasteiger partial charge is 0.230 e. The molecule has 2 rings (SSSR count). The SMILES string of the molecule is CNC(=O)CSc1nnc(N2CCOCC2)s1. The van der Waals surface area contributed by atoms with E-state index in [0.717, 1.165) is 35.8 Å². The van der Waals surface area contributed by atoms with Crippen LogP contribution in [0.25, 0.3) is 0 Å². The molecule has 1 aliphatic heterocycles. The number of anilines is 1. The number of hydrogen-bond acceptors (Lipinski definition) is 7. The summed E-state index contributed by atoms with van der Waals surface area (Å²) in [7, 11) is 1.63. The first kappa shape index (κ1) is 12.6. The van der Waals surface area contributed by atoms with E-state index in [2.05, 4.69) is 20.4 Å². The molecule has 1 fully saturated rings. The molecule has 1 aromatic heterocycles. The van der Waals surface area contributed by atoms with E-state index in [0.29, 0.717) is 5.75 Å². The van der Waals surface area contributed by atoms with E-state index in [9.17, 15) is 4.79 Å². The summed E-state index contributed by atoms with van der Waals surface area (Å²) in [4.78, 5) is 13.2. The molecule has 2 heterocycles. The summed E-state index contributed by atoms with van der Waals surface area (Å²) in [6.45, 7) is 3.18. The van der Waals surface area contributed by atoms with Gasteiger partial charge in [-0.15, -0.1) is 10.2 Å². The van der Waals surface area contributed by atoms with E-state index < -0.39 is 0 Å². The van der Waals surface area contributed by atoms with Crippen molar-refractivity contribution >= 4 is 34.1 Å². The van der Waals surface area contributed by atoms with Gasteiger partial charge in [0.15, 0.2) is 4.34 Å². The molecule has 6 nitrogen and oxygen atoms in total. The van der Waals surface area contributed by atoms with Crippen molar-refractivity contribution in [3.8, 4) is 0 Å². The Kier molecular flexibility index (Phi) is 4.57. The average molecular weight is 274 g/mol. The fourth-order valence-electron chi connectivity index (χ4n) is 1.34. The van der Waals surface area contributed by atoms with Gasteiger partial charge in [0.05, 0.1) is 19.0 Å². The lowest BCUT2D eigenvalue weighted by Gasteiger charge is -2.25. The van der Waals surface area contributed by atoms with Crippen molar-refractivity contribution in [2.75, 3.05) is 44.0 Å². The van der Waals surface area contributed by atoms with Crippen LogP contribution in [0, 0.1) is 0 Å². The third kappa shape index (κ3) is 3.55. The minimum atomic E-state index is -0.00174. The molecule has 0 atom stereocenters. The lowest BCUT2D eigenvalue weighted by molar-refractivity contribution is -0.118. The Labute approximate surface area is 108 Å². The molecule has 17 heavy (non-hydrogen) atoms. The van der Waals surface area contributed by atoms with Gasteiger partial charge in [-0.05, 0) is 0 Å². The standard InChI is InChI=1S/C9H14N4O2S2/c1-10-7(14)6-16-9-12-11-8(17-9)13-2-4-15-5-3-13/h2-6H2,1H3,(H,10,14). The topological polar surface area (TPSA) is 67.4 Å². The molecule has 1 aliphatic rings. The number of amides is 1. The van der Waals surface area contributed by atoms with Gasteiger partial charge in [-0.1, -0.05) is 23.1 Å². The van der Waals surface area contributed by atoms with E-state index in [-0.39, 0.29) is 5.91 Å². The molecule has 0 bridgehead atoms. The molecule has 0 aliphatic carbocycles. The summed E-state index contributed by atoms with van der Waals surface area (Å²) in [6, 6.07) is 0. The van der Waals surface area contributed by atoms with Gasteiger partial charge in [-0.3, -0.25) is 4.79 Å². The number of carbonyl (C=O) groups is 1. The number of carbonyl (C=O) groups excluding carboxylic acids is 1. The maximum atomic E-state index is 11.1. The van der Waals surface area contributed by atoms with Gasteiger partial charge in [0.25, 0.3) is 0 Å². The van der Waals surface area contributed by atoms with Crippen LogP contribution in [0.2, 0.25) is 0 Å². The Bertz CT molecular complexity index is 379. The Morgan fingerprint density at radius 1 is 1.53 bits per heavy atom. The molecular formula is C9H14N4O2S2. The lowest BCUT2D eigenvalue weighted by Crippen LogP contribution is -2.36. The van der Waals surface area contributed by atoms with Crippen molar-refractivity contribution in [3.05, 3.63) is 0 Å². The minimum Gasteiger partial charge on any atom is -0.378 e. The molecule has 1 aromatic rings. The number of thioether (sulfide) groups is 1. The van der Waals surface area contributed by atoms with Gasteiger partial charge in [0.2, 0.25) is 11.0 Å². The highest BCUT2D eigenvalue weighted by Gasteiger charge is 2.16. The molecule has 94 valence electrons. The second-order valence-electron chi connectivity index (χ2n) is 3.41. The normalized spacial score (nSPS) is 15.9. The Morgan fingerprint density at radius 2 is 2.29 bits per heavy atom. The molecular weight excluding hydrogens is 260 g/mol. The van der Waals surface area contributed by atoms with Gasteiger partial charge in [-0.2, -0.15) is 0 Å². The van der Waals surface area contributed by atoms with Crippen LogP contribution < -0.4 is 10.2 Å². The van der Waals surface area contributed by atoms with Crippen molar-refractivity contribution in [3.63, 3.8) is 0 Å². The van der Waals surface area contributed by atoms with E-state index in [1.807, 2.05) is 0 Å². The first-order chi connectivity index (χ1) is 8.29.